The maximum atomic E-state index is 14.1. The van der Waals surface area contributed by atoms with Gasteiger partial charge in [0.15, 0.2) is 5.79 Å². The molecular weight excluding hydrogens is 425 g/mol. The molecule has 0 radical (unpaired) electrons. The van der Waals surface area contributed by atoms with Crippen LogP contribution in [0.4, 0.5) is 13.2 Å². The van der Waals surface area contributed by atoms with Crippen molar-refractivity contribution in [2.45, 2.75) is 44.1 Å². The summed E-state index contributed by atoms with van der Waals surface area (Å²) in [7, 11) is 0. The van der Waals surface area contributed by atoms with E-state index in [0.29, 0.717) is 36.6 Å². The first-order valence-electron chi connectivity index (χ1n) is 10.5. The lowest BCUT2D eigenvalue weighted by Gasteiger charge is -2.35. The highest BCUT2D eigenvalue weighted by atomic mass is 19.1. The second-order valence-corrected chi connectivity index (χ2v) is 8.13. The zero-order chi connectivity index (χ0) is 22.3. The molecule has 1 aliphatic heterocycles. The molecule has 5 rings (SSSR count). The second kappa shape index (κ2) is 8.22. The van der Waals surface area contributed by atoms with Crippen LogP contribution in [0.2, 0.25) is 0 Å². The number of ether oxygens (including phenoxy) is 3. The molecule has 1 aliphatic carbocycles. The maximum Gasteiger partial charge on any atom is 0.280 e. The predicted octanol–water partition coefficient (Wildman–Crippen LogP) is 3.93. The van der Waals surface area contributed by atoms with Gasteiger partial charge in [0.2, 0.25) is 0 Å². The van der Waals surface area contributed by atoms with Crippen molar-refractivity contribution in [3.05, 3.63) is 70.0 Å². The molecule has 0 atom stereocenters. The minimum absolute atomic E-state index is 0.0350. The van der Waals surface area contributed by atoms with Gasteiger partial charge < -0.3 is 18.8 Å². The van der Waals surface area contributed by atoms with Gasteiger partial charge >= 0.3 is 0 Å². The Bertz CT molecular complexity index is 1190. The number of rotatable bonds is 4. The molecule has 2 fully saturated rings. The van der Waals surface area contributed by atoms with Crippen molar-refractivity contribution >= 4 is 10.9 Å². The summed E-state index contributed by atoms with van der Waals surface area (Å²) in [4.78, 5) is 16.2. The van der Waals surface area contributed by atoms with E-state index >= 15 is 0 Å². The topological polar surface area (TPSA) is 62.6 Å². The summed E-state index contributed by atoms with van der Waals surface area (Å²) in [5.41, 5.74) is -0.348. The van der Waals surface area contributed by atoms with Crippen LogP contribution in [0.3, 0.4) is 0 Å². The molecule has 1 spiro atoms. The first-order valence-corrected chi connectivity index (χ1v) is 10.5. The van der Waals surface area contributed by atoms with Crippen LogP contribution in [0, 0.1) is 17.5 Å². The average molecular weight is 446 g/mol. The monoisotopic (exact) mass is 446 g/mol. The summed E-state index contributed by atoms with van der Waals surface area (Å²) in [5.74, 6) is -2.96. The highest BCUT2D eigenvalue weighted by Gasteiger charge is 2.40. The summed E-state index contributed by atoms with van der Waals surface area (Å²) in [6.07, 6.45) is 4.20. The van der Waals surface area contributed by atoms with Crippen molar-refractivity contribution in [3.8, 4) is 5.75 Å². The molecule has 1 aromatic heterocycles. The van der Waals surface area contributed by atoms with Crippen molar-refractivity contribution in [2.75, 3.05) is 13.2 Å². The predicted molar refractivity (Wildman–Crippen MR) is 109 cm³/mol. The number of nitrogens with zero attached hydrogens (tertiary/aromatic N) is 2. The largest absolute Gasteiger partial charge is 0.490 e. The highest BCUT2D eigenvalue weighted by Crippen LogP contribution is 2.37. The van der Waals surface area contributed by atoms with Gasteiger partial charge in [-0.25, -0.2) is 13.2 Å². The summed E-state index contributed by atoms with van der Waals surface area (Å²) in [5, 5.41) is 0.266. The SMILES string of the molecule is O=c1ncn(Cc2c(F)cc(F)cc2F)c2ccc(OC3CCC4(CC3)OCCO4)cc12. The Balaban J connectivity index is 1.38. The van der Waals surface area contributed by atoms with E-state index in [1.165, 1.54) is 10.9 Å². The number of hydrogen-bond donors (Lipinski definition) is 0. The Hall–Kier alpha value is -2.91. The summed E-state index contributed by atoms with van der Waals surface area (Å²) >= 11 is 0. The summed E-state index contributed by atoms with van der Waals surface area (Å²) in [6.45, 7) is 0.981. The van der Waals surface area contributed by atoms with E-state index in [2.05, 4.69) is 4.98 Å². The number of fused-ring (bicyclic) bond motifs is 1. The van der Waals surface area contributed by atoms with E-state index in [9.17, 15) is 18.0 Å². The number of benzene rings is 2. The van der Waals surface area contributed by atoms with Crippen molar-refractivity contribution in [1.82, 2.24) is 9.55 Å². The van der Waals surface area contributed by atoms with Gasteiger partial charge in [0.1, 0.15) is 23.2 Å². The molecule has 1 saturated heterocycles. The van der Waals surface area contributed by atoms with Gasteiger partial charge in [-0.15, -0.1) is 0 Å². The minimum atomic E-state index is -1.00. The fourth-order valence-electron chi connectivity index (χ4n) is 4.41. The normalized spacial score (nSPS) is 18.5. The first kappa shape index (κ1) is 21.0. The van der Waals surface area contributed by atoms with Gasteiger partial charge in [0.05, 0.1) is 43.1 Å². The van der Waals surface area contributed by atoms with E-state index in [-0.39, 0.29) is 23.6 Å². The molecule has 168 valence electrons. The molecule has 0 amide bonds. The molecule has 2 aromatic carbocycles. The van der Waals surface area contributed by atoms with E-state index in [1.807, 2.05) is 0 Å². The van der Waals surface area contributed by atoms with Gasteiger partial charge in [-0.05, 0) is 31.0 Å². The second-order valence-electron chi connectivity index (χ2n) is 8.13. The lowest BCUT2D eigenvalue weighted by molar-refractivity contribution is -0.186. The van der Waals surface area contributed by atoms with Crippen LogP contribution in [0.25, 0.3) is 10.9 Å². The fraction of sp³-hybridized carbons (Fsp3) is 0.391. The van der Waals surface area contributed by atoms with Crippen LogP contribution < -0.4 is 10.3 Å². The van der Waals surface area contributed by atoms with E-state index in [0.717, 1.165) is 25.7 Å². The number of halogens is 3. The first-order chi connectivity index (χ1) is 15.4. The standard InChI is InChI=1S/C23H21F3N2O4/c24-14-9-19(25)18(20(26)10-14)12-28-13-27-22(29)17-11-16(1-2-21(17)28)32-15-3-5-23(6-4-15)30-7-8-31-23/h1-2,9-11,13,15H,3-8,12H2. The molecule has 9 heteroatoms. The molecule has 6 nitrogen and oxygen atoms in total. The number of aromatic nitrogens is 2. The molecule has 1 saturated carbocycles. The van der Waals surface area contributed by atoms with Crippen LogP contribution in [-0.2, 0) is 16.0 Å². The Morgan fingerprint density at radius 3 is 2.44 bits per heavy atom. The Labute approximate surface area is 181 Å². The fourth-order valence-corrected chi connectivity index (χ4v) is 4.41. The Morgan fingerprint density at radius 2 is 1.75 bits per heavy atom. The molecule has 0 N–H and O–H groups in total. The lowest BCUT2D eigenvalue weighted by atomic mass is 9.92. The van der Waals surface area contributed by atoms with Crippen molar-refractivity contribution in [3.63, 3.8) is 0 Å². The van der Waals surface area contributed by atoms with Gasteiger partial charge in [-0.1, -0.05) is 0 Å². The molecule has 0 unspecified atom stereocenters. The Kier molecular flexibility index (Phi) is 5.38. The molecule has 2 aliphatic rings. The van der Waals surface area contributed by atoms with Crippen LogP contribution >= 0.6 is 0 Å². The molecule has 0 bridgehead atoms. The third-order valence-electron chi connectivity index (χ3n) is 6.07. The summed E-state index contributed by atoms with van der Waals surface area (Å²) < 4.78 is 60.4. The van der Waals surface area contributed by atoms with Crippen LogP contribution in [-0.4, -0.2) is 34.7 Å². The average Bonchev–Trinajstić information content (AvgIpc) is 3.22. The zero-order valence-corrected chi connectivity index (χ0v) is 17.2. The van der Waals surface area contributed by atoms with E-state index < -0.39 is 28.8 Å². The summed E-state index contributed by atoms with van der Waals surface area (Å²) in [6, 6.07) is 6.20. The lowest BCUT2D eigenvalue weighted by Crippen LogP contribution is -2.38. The minimum Gasteiger partial charge on any atom is -0.490 e. The van der Waals surface area contributed by atoms with Crippen LogP contribution in [0.1, 0.15) is 31.2 Å². The van der Waals surface area contributed by atoms with Gasteiger partial charge in [0, 0.05) is 30.5 Å². The van der Waals surface area contributed by atoms with Crippen LogP contribution in [0.5, 0.6) is 5.75 Å². The van der Waals surface area contributed by atoms with Gasteiger partial charge in [0.25, 0.3) is 5.56 Å². The smallest absolute Gasteiger partial charge is 0.280 e. The highest BCUT2D eigenvalue weighted by molar-refractivity contribution is 5.79. The Morgan fingerprint density at radius 1 is 1.06 bits per heavy atom. The van der Waals surface area contributed by atoms with Crippen LogP contribution in [0.15, 0.2) is 41.5 Å². The van der Waals surface area contributed by atoms with Crippen molar-refractivity contribution in [2.24, 2.45) is 0 Å². The molecule has 2 heterocycles. The number of hydrogen-bond acceptors (Lipinski definition) is 5. The molecular formula is C23H21F3N2O4. The van der Waals surface area contributed by atoms with Gasteiger partial charge in [-0.2, -0.15) is 4.98 Å². The quantitative estimate of drug-likeness (QED) is 0.608. The molecule has 3 aromatic rings. The molecule has 32 heavy (non-hydrogen) atoms. The van der Waals surface area contributed by atoms with Gasteiger partial charge in [-0.3, -0.25) is 4.79 Å². The third kappa shape index (κ3) is 3.98. The van der Waals surface area contributed by atoms with Crippen molar-refractivity contribution < 1.29 is 27.4 Å². The third-order valence-corrected chi connectivity index (χ3v) is 6.07. The van der Waals surface area contributed by atoms with E-state index in [1.54, 1.807) is 18.2 Å². The zero-order valence-electron chi connectivity index (χ0n) is 17.2. The van der Waals surface area contributed by atoms with E-state index in [4.69, 9.17) is 14.2 Å². The van der Waals surface area contributed by atoms with Crippen molar-refractivity contribution in [1.29, 1.82) is 0 Å². The maximum absolute atomic E-state index is 14.1.